The highest BCUT2D eigenvalue weighted by molar-refractivity contribution is 5.74. The number of aliphatic carboxylic acids is 1. The molecule has 3 N–H and O–H groups in total. The molecule has 0 heterocycles. The van der Waals surface area contributed by atoms with Crippen molar-refractivity contribution < 1.29 is 20.1 Å². The minimum Gasteiger partial charge on any atom is -0.481 e. The summed E-state index contributed by atoms with van der Waals surface area (Å²) in [6.07, 6.45) is 12.2. The van der Waals surface area contributed by atoms with Crippen LogP contribution >= 0.6 is 0 Å². The summed E-state index contributed by atoms with van der Waals surface area (Å²) in [5.41, 5.74) is 1.13. The number of allylic oxidation sites excluding steroid dienone is 2. The van der Waals surface area contributed by atoms with Gasteiger partial charge in [-0.3, -0.25) is 4.79 Å². The molecule has 0 aromatic carbocycles. The Kier molecular flexibility index (Phi) is 5.36. The Morgan fingerprint density at radius 2 is 1.62 bits per heavy atom. The summed E-state index contributed by atoms with van der Waals surface area (Å²) < 4.78 is 0. The summed E-state index contributed by atoms with van der Waals surface area (Å²) in [5, 5.41) is 31.4. The molecular formula is C30H48O4. The molecule has 4 fully saturated rings. The lowest BCUT2D eigenvalue weighted by atomic mass is 9.33. The molecule has 0 aliphatic heterocycles. The predicted octanol–water partition coefficient (Wildman–Crippen LogP) is 6.21. The summed E-state index contributed by atoms with van der Waals surface area (Å²) in [4.78, 5) is 12.2. The first-order valence-electron chi connectivity index (χ1n) is 13.9. The Morgan fingerprint density at radius 1 is 0.941 bits per heavy atom. The molecule has 5 aliphatic rings. The van der Waals surface area contributed by atoms with Crippen LogP contribution in [0.1, 0.15) is 106 Å². The van der Waals surface area contributed by atoms with E-state index in [9.17, 15) is 20.1 Å². The van der Waals surface area contributed by atoms with Crippen LogP contribution in [-0.2, 0) is 4.79 Å². The summed E-state index contributed by atoms with van der Waals surface area (Å²) >= 11 is 0. The smallest absolute Gasteiger partial charge is 0.309 e. The fraction of sp³-hybridized carbons (Fsp3) is 0.900. The lowest BCUT2D eigenvalue weighted by molar-refractivity contribution is -0.215. The Labute approximate surface area is 206 Å². The van der Waals surface area contributed by atoms with Crippen molar-refractivity contribution in [3.05, 3.63) is 11.6 Å². The molecule has 4 nitrogen and oxygen atoms in total. The van der Waals surface area contributed by atoms with Crippen LogP contribution in [0, 0.1) is 50.2 Å². The van der Waals surface area contributed by atoms with Gasteiger partial charge in [-0.2, -0.15) is 0 Å². The quantitative estimate of drug-likeness (QED) is 0.418. The Morgan fingerprint density at radius 3 is 2.26 bits per heavy atom. The monoisotopic (exact) mass is 472 g/mol. The van der Waals surface area contributed by atoms with Crippen molar-refractivity contribution in [3.63, 3.8) is 0 Å². The molecule has 34 heavy (non-hydrogen) atoms. The zero-order chi connectivity index (χ0) is 24.9. The van der Waals surface area contributed by atoms with E-state index in [4.69, 9.17) is 0 Å². The molecule has 0 saturated heterocycles. The molecule has 2 unspecified atom stereocenters. The second kappa shape index (κ2) is 7.34. The van der Waals surface area contributed by atoms with Gasteiger partial charge in [0.1, 0.15) is 0 Å². The minimum atomic E-state index is -0.626. The van der Waals surface area contributed by atoms with Gasteiger partial charge in [0, 0.05) is 5.41 Å². The third kappa shape index (κ3) is 2.88. The maximum atomic E-state index is 12.2. The van der Waals surface area contributed by atoms with Gasteiger partial charge < -0.3 is 15.3 Å². The number of hydrogen-bond acceptors (Lipinski definition) is 3. The van der Waals surface area contributed by atoms with Crippen LogP contribution in [-0.4, -0.2) is 34.0 Å². The van der Waals surface area contributed by atoms with Crippen LogP contribution in [0.25, 0.3) is 0 Å². The van der Waals surface area contributed by atoms with Crippen LogP contribution in [0.15, 0.2) is 11.6 Å². The average Bonchev–Trinajstić information content (AvgIpc) is 2.78. The van der Waals surface area contributed by atoms with E-state index in [0.29, 0.717) is 17.8 Å². The third-order valence-electron chi connectivity index (χ3n) is 13.5. The molecule has 5 aliphatic carbocycles. The number of carboxylic acids is 1. The summed E-state index contributed by atoms with van der Waals surface area (Å²) in [5.74, 6) is 0.605. The van der Waals surface area contributed by atoms with Crippen LogP contribution < -0.4 is 0 Å². The van der Waals surface area contributed by atoms with Crippen molar-refractivity contribution in [1.29, 1.82) is 0 Å². The maximum Gasteiger partial charge on any atom is 0.309 e. The van der Waals surface area contributed by atoms with Gasteiger partial charge in [-0.15, -0.1) is 0 Å². The molecule has 192 valence electrons. The van der Waals surface area contributed by atoms with Gasteiger partial charge in [-0.1, -0.05) is 46.3 Å². The standard InChI is InChI=1S/C30H48O4/c1-25-13-14-26(2,24(33)34)17-20(25)19-7-8-22-27(3)11-10-23(32)28(4,18-31)21(27)9-12-30(22,6)29(19,5)16-15-25/h7,20-23,31-32H,8-18H2,1-6H3,(H,33,34)/t20-,21?,22-,23+,25-,26?,27+,28-,29-,30-/m1/s1. The van der Waals surface area contributed by atoms with E-state index < -0.39 is 22.9 Å². The van der Waals surface area contributed by atoms with Gasteiger partial charge in [-0.05, 0) is 111 Å². The fourth-order valence-electron chi connectivity index (χ4n) is 10.6. The molecule has 0 aromatic heterocycles. The number of carbonyl (C=O) groups is 1. The van der Waals surface area contributed by atoms with Gasteiger partial charge in [-0.25, -0.2) is 0 Å². The number of rotatable bonds is 2. The SMILES string of the molecule is CC1(C(=O)O)CC[C@]2(C)CC[C@]3(C)C(=CC[C@@H]4[C@@]5(C)CC[C@H](O)[C@](C)(CO)C5CC[C@]43C)[C@H]2C1. The first kappa shape index (κ1) is 24.8. The number of hydrogen-bond donors (Lipinski definition) is 3. The van der Waals surface area contributed by atoms with E-state index in [2.05, 4.69) is 40.7 Å². The molecule has 4 saturated carbocycles. The van der Waals surface area contributed by atoms with E-state index in [1.807, 2.05) is 6.92 Å². The minimum absolute atomic E-state index is 0.0599. The maximum absolute atomic E-state index is 12.2. The first-order chi connectivity index (χ1) is 15.7. The van der Waals surface area contributed by atoms with Crippen molar-refractivity contribution in [2.24, 2.45) is 50.2 Å². The van der Waals surface area contributed by atoms with Crippen molar-refractivity contribution >= 4 is 5.97 Å². The van der Waals surface area contributed by atoms with Crippen LogP contribution in [0.3, 0.4) is 0 Å². The van der Waals surface area contributed by atoms with Crippen molar-refractivity contribution in [2.75, 3.05) is 6.61 Å². The molecular weight excluding hydrogens is 424 g/mol. The number of fused-ring (bicyclic) bond motifs is 7. The van der Waals surface area contributed by atoms with Gasteiger partial charge in [0.15, 0.2) is 0 Å². The molecule has 0 amide bonds. The molecule has 0 bridgehead atoms. The Balaban J connectivity index is 1.57. The Hall–Kier alpha value is -0.870. The highest BCUT2D eigenvalue weighted by atomic mass is 16.4. The molecule has 0 spiro atoms. The zero-order valence-corrected chi connectivity index (χ0v) is 22.4. The second-order valence-electron chi connectivity index (χ2n) is 14.8. The largest absolute Gasteiger partial charge is 0.481 e. The molecule has 10 atom stereocenters. The highest BCUT2D eigenvalue weighted by Gasteiger charge is 2.68. The van der Waals surface area contributed by atoms with Gasteiger partial charge in [0.25, 0.3) is 0 Å². The van der Waals surface area contributed by atoms with E-state index in [1.165, 1.54) is 12.8 Å². The fourth-order valence-corrected chi connectivity index (χ4v) is 10.6. The van der Waals surface area contributed by atoms with Crippen LogP contribution in [0.5, 0.6) is 0 Å². The van der Waals surface area contributed by atoms with Gasteiger partial charge in [0.05, 0.1) is 18.1 Å². The topological polar surface area (TPSA) is 77.8 Å². The van der Waals surface area contributed by atoms with Gasteiger partial charge >= 0.3 is 5.97 Å². The molecule has 5 rings (SSSR count). The summed E-state index contributed by atoms with van der Waals surface area (Å²) in [7, 11) is 0. The normalized spacial score (nSPS) is 56.9. The van der Waals surface area contributed by atoms with E-state index in [1.54, 1.807) is 5.57 Å². The van der Waals surface area contributed by atoms with Crippen molar-refractivity contribution in [2.45, 2.75) is 112 Å². The van der Waals surface area contributed by atoms with E-state index >= 15 is 0 Å². The van der Waals surface area contributed by atoms with Gasteiger partial charge in [0.2, 0.25) is 0 Å². The molecule has 0 aromatic rings. The molecule has 0 radical (unpaired) electrons. The lowest BCUT2D eigenvalue weighted by Gasteiger charge is -2.71. The van der Waals surface area contributed by atoms with E-state index in [-0.39, 0.29) is 28.3 Å². The predicted molar refractivity (Wildman–Crippen MR) is 134 cm³/mol. The summed E-state index contributed by atoms with van der Waals surface area (Å²) in [6.45, 7) is 14.1. The third-order valence-corrected chi connectivity index (χ3v) is 13.5. The average molecular weight is 473 g/mol. The van der Waals surface area contributed by atoms with Crippen LogP contribution in [0.4, 0.5) is 0 Å². The highest BCUT2D eigenvalue weighted by Crippen LogP contribution is 2.75. The van der Waals surface area contributed by atoms with E-state index in [0.717, 1.165) is 51.4 Å². The second-order valence-corrected chi connectivity index (χ2v) is 14.8. The lowest BCUT2D eigenvalue weighted by Crippen LogP contribution is -2.65. The van der Waals surface area contributed by atoms with Crippen molar-refractivity contribution in [3.8, 4) is 0 Å². The number of carboxylic acid groups (broad SMARTS) is 1. The molecule has 4 heteroatoms. The zero-order valence-electron chi connectivity index (χ0n) is 22.4. The Bertz CT molecular complexity index is 911. The van der Waals surface area contributed by atoms with Crippen LogP contribution in [0.2, 0.25) is 0 Å². The first-order valence-corrected chi connectivity index (χ1v) is 13.9. The van der Waals surface area contributed by atoms with Crippen molar-refractivity contribution in [1.82, 2.24) is 0 Å². The number of aliphatic hydroxyl groups is 2. The summed E-state index contributed by atoms with van der Waals surface area (Å²) in [6, 6.07) is 0. The number of aliphatic hydroxyl groups excluding tert-OH is 2.